The molecule has 2 aromatic carbocycles. The average molecular weight is 295 g/mol. The van der Waals surface area contributed by atoms with E-state index in [9.17, 15) is 14.9 Å². The van der Waals surface area contributed by atoms with Gasteiger partial charge in [-0.1, -0.05) is 17.7 Å². The fraction of sp³-hybridized carbons (Fsp3) is 0.125. The van der Waals surface area contributed by atoms with Crippen molar-refractivity contribution < 1.29 is 9.72 Å². The standard InChI is InChI=1S/C16H13N3O3/c1-9-3-5-13(10(2)7-9)17-15-12-8-11(19(21)22)4-6-14(12)18-16(15)20/h3-8H,1-2H3,(H,17,18,20). The zero-order valence-electron chi connectivity index (χ0n) is 12.1. The number of nitro groups is 1. The minimum absolute atomic E-state index is 0.0661. The Kier molecular flexibility index (Phi) is 3.21. The first-order valence-electron chi connectivity index (χ1n) is 6.72. The molecule has 6 nitrogen and oxygen atoms in total. The molecule has 0 saturated carbocycles. The maximum absolute atomic E-state index is 12.1. The molecule has 1 amide bonds. The van der Waals surface area contributed by atoms with E-state index in [2.05, 4.69) is 10.3 Å². The van der Waals surface area contributed by atoms with Crippen LogP contribution in [-0.4, -0.2) is 16.5 Å². The molecule has 2 aromatic rings. The van der Waals surface area contributed by atoms with E-state index < -0.39 is 4.92 Å². The highest BCUT2D eigenvalue weighted by Gasteiger charge is 2.28. The monoisotopic (exact) mass is 295 g/mol. The van der Waals surface area contributed by atoms with Crippen LogP contribution < -0.4 is 5.32 Å². The van der Waals surface area contributed by atoms with Gasteiger partial charge in [0.2, 0.25) is 0 Å². The fourth-order valence-electron chi connectivity index (χ4n) is 2.42. The number of nitrogens with zero attached hydrogens (tertiary/aromatic N) is 2. The van der Waals surface area contributed by atoms with Gasteiger partial charge in [0.05, 0.1) is 16.3 Å². The van der Waals surface area contributed by atoms with Crippen LogP contribution in [0.5, 0.6) is 0 Å². The van der Waals surface area contributed by atoms with Crippen LogP contribution in [0.1, 0.15) is 16.7 Å². The van der Waals surface area contributed by atoms with E-state index in [1.54, 1.807) is 0 Å². The normalized spacial score (nSPS) is 14.8. The quantitative estimate of drug-likeness (QED) is 0.681. The van der Waals surface area contributed by atoms with Crippen molar-refractivity contribution in [2.24, 2.45) is 4.99 Å². The summed E-state index contributed by atoms with van der Waals surface area (Å²) in [7, 11) is 0. The Labute approximate surface area is 126 Å². The van der Waals surface area contributed by atoms with Crippen molar-refractivity contribution in [1.29, 1.82) is 0 Å². The number of amides is 1. The molecule has 1 N–H and O–H groups in total. The number of hydrogen-bond acceptors (Lipinski definition) is 4. The number of carbonyl (C=O) groups is 1. The van der Waals surface area contributed by atoms with Crippen LogP contribution >= 0.6 is 0 Å². The van der Waals surface area contributed by atoms with Gasteiger partial charge in [-0.3, -0.25) is 14.9 Å². The summed E-state index contributed by atoms with van der Waals surface area (Å²) < 4.78 is 0. The Hall–Kier alpha value is -3.02. The summed E-state index contributed by atoms with van der Waals surface area (Å²) in [6.07, 6.45) is 0. The smallest absolute Gasteiger partial charge is 0.275 e. The summed E-state index contributed by atoms with van der Waals surface area (Å²) >= 11 is 0. The van der Waals surface area contributed by atoms with Gasteiger partial charge in [0, 0.05) is 17.7 Å². The van der Waals surface area contributed by atoms with Crippen LogP contribution in [0.3, 0.4) is 0 Å². The number of aliphatic imine (C=N–C) groups is 1. The van der Waals surface area contributed by atoms with Crippen molar-refractivity contribution in [3.63, 3.8) is 0 Å². The molecule has 0 fully saturated rings. The number of carbonyl (C=O) groups excluding carboxylic acids is 1. The Morgan fingerprint density at radius 3 is 2.59 bits per heavy atom. The lowest BCUT2D eigenvalue weighted by Crippen LogP contribution is -2.14. The number of non-ortho nitro benzene ring substituents is 1. The number of nitro benzene ring substituents is 1. The van der Waals surface area contributed by atoms with Gasteiger partial charge in [-0.15, -0.1) is 0 Å². The summed E-state index contributed by atoms with van der Waals surface area (Å²) in [6.45, 7) is 3.89. The van der Waals surface area contributed by atoms with Gasteiger partial charge in [0.25, 0.3) is 11.6 Å². The molecular formula is C16H13N3O3. The van der Waals surface area contributed by atoms with Gasteiger partial charge in [-0.05, 0) is 31.5 Å². The topological polar surface area (TPSA) is 84.6 Å². The summed E-state index contributed by atoms with van der Waals surface area (Å²) in [6, 6.07) is 9.97. The van der Waals surface area contributed by atoms with Crippen LogP contribution in [0.15, 0.2) is 41.4 Å². The highest BCUT2D eigenvalue weighted by Crippen LogP contribution is 2.30. The SMILES string of the molecule is Cc1ccc(N=C2C(=O)Nc3ccc([N+](=O)[O-])cc32)c(C)c1. The third-order valence-corrected chi connectivity index (χ3v) is 3.52. The first kappa shape index (κ1) is 13.9. The Balaban J connectivity index is 2.13. The van der Waals surface area contributed by atoms with Crippen molar-refractivity contribution in [2.45, 2.75) is 13.8 Å². The summed E-state index contributed by atoms with van der Waals surface area (Å²) in [5.74, 6) is -0.351. The Morgan fingerprint density at radius 2 is 1.91 bits per heavy atom. The van der Waals surface area contributed by atoms with Crippen molar-refractivity contribution in [3.8, 4) is 0 Å². The van der Waals surface area contributed by atoms with E-state index >= 15 is 0 Å². The molecule has 0 unspecified atom stereocenters. The molecule has 1 heterocycles. The first-order valence-corrected chi connectivity index (χ1v) is 6.72. The van der Waals surface area contributed by atoms with Crippen molar-refractivity contribution in [1.82, 2.24) is 0 Å². The molecule has 0 bridgehead atoms. The van der Waals surface area contributed by atoms with Crippen LogP contribution in [0.25, 0.3) is 0 Å². The number of hydrogen-bond donors (Lipinski definition) is 1. The lowest BCUT2D eigenvalue weighted by molar-refractivity contribution is -0.384. The molecule has 0 aliphatic carbocycles. The van der Waals surface area contributed by atoms with E-state index in [4.69, 9.17) is 0 Å². The molecule has 0 radical (unpaired) electrons. The molecule has 0 atom stereocenters. The largest absolute Gasteiger partial charge is 0.320 e. The molecule has 6 heteroatoms. The van der Waals surface area contributed by atoms with Gasteiger partial charge in [0.1, 0.15) is 5.71 Å². The number of rotatable bonds is 2. The molecular weight excluding hydrogens is 282 g/mol. The number of benzene rings is 2. The molecule has 0 spiro atoms. The van der Waals surface area contributed by atoms with Crippen molar-refractivity contribution >= 4 is 28.7 Å². The second-order valence-electron chi connectivity index (χ2n) is 5.19. The van der Waals surface area contributed by atoms with Crippen LogP contribution in [0.4, 0.5) is 17.1 Å². The average Bonchev–Trinajstić information content (AvgIpc) is 2.77. The van der Waals surface area contributed by atoms with E-state index in [0.29, 0.717) is 16.9 Å². The molecule has 110 valence electrons. The lowest BCUT2D eigenvalue weighted by Gasteiger charge is -2.03. The zero-order valence-corrected chi connectivity index (χ0v) is 12.1. The third kappa shape index (κ3) is 2.35. The van der Waals surface area contributed by atoms with Crippen LogP contribution in [0, 0.1) is 24.0 Å². The van der Waals surface area contributed by atoms with E-state index in [1.165, 1.54) is 18.2 Å². The molecule has 22 heavy (non-hydrogen) atoms. The van der Waals surface area contributed by atoms with Gasteiger partial charge >= 0.3 is 0 Å². The third-order valence-electron chi connectivity index (χ3n) is 3.52. The Bertz CT molecular complexity index is 841. The maximum atomic E-state index is 12.1. The molecule has 1 aliphatic rings. The van der Waals surface area contributed by atoms with Gasteiger partial charge in [-0.25, -0.2) is 4.99 Å². The van der Waals surface area contributed by atoms with E-state index in [1.807, 2.05) is 32.0 Å². The lowest BCUT2D eigenvalue weighted by atomic mass is 10.1. The number of nitrogens with one attached hydrogen (secondary N) is 1. The number of anilines is 1. The summed E-state index contributed by atoms with van der Waals surface area (Å²) in [4.78, 5) is 26.9. The minimum atomic E-state index is -0.488. The maximum Gasteiger partial charge on any atom is 0.275 e. The Morgan fingerprint density at radius 1 is 1.14 bits per heavy atom. The number of fused-ring (bicyclic) bond motifs is 1. The highest BCUT2D eigenvalue weighted by atomic mass is 16.6. The summed E-state index contributed by atoms with van der Waals surface area (Å²) in [5.41, 5.74) is 3.86. The van der Waals surface area contributed by atoms with Gasteiger partial charge < -0.3 is 5.32 Å². The minimum Gasteiger partial charge on any atom is -0.320 e. The van der Waals surface area contributed by atoms with Crippen molar-refractivity contribution in [3.05, 3.63) is 63.2 Å². The molecule has 0 saturated heterocycles. The molecule has 1 aliphatic heterocycles. The van der Waals surface area contributed by atoms with Crippen LogP contribution in [-0.2, 0) is 4.79 Å². The second kappa shape index (κ2) is 5.07. The second-order valence-corrected chi connectivity index (χ2v) is 5.19. The molecule has 3 rings (SSSR count). The van der Waals surface area contributed by atoms with E-state index in [0.717, 1.165) is 11.1 Å². The zero-order chi connectivity index (χ0) is 15.9. The first-order chi connectivity index (χ1) is 10.5. The van der Waals surface area contributed by atoms with E-state index in [-0.39, 0.29) is 17.3 Å². The fourth-order valence-corrected chi connectivity index (χ4v) is 2.42. The highest BCUT2D eigenvalue weighted by molar-refractivity contribution is 6.54. The molecule has 0 aromatic heterocycles. The van der Waals surface area contributed by atoms with Gasteiger partial charge in [0.15, 0.2) is 0 Å². The van der Waals surface area contributed by atoms with Crippen molar-refractivity contribution in [2.75, 3.05) is 5.32 Å². The van der Waals surface area contributed by atoms with Gasteiger partial charge in [-0.2, -0.15) is 0 Å². The predicted octanol–water partition coefficient (Wildman–Crippen LogP) is 3.28. The summed E-state index contributed by atoms with van der Waals surface area (Å²) in [5, 5.41) is 13.6. The van der Waals surface area contributed by atoms with Crippen LogP contribution in [0.2, 0.25) is 0 Å². The number of aryl methyl sites for hydroxylation is 2. The predicted molar refractivity (Wildman–Crippen MR) is 83.8 cm³/mol.